The highest BCUT2D eigenvalue weighted by Crippen LogP contribution is 2.26. The molecule has 3 N–H and O–H groups in total. The van der Waals surface area contributed by atoms with Crippen molar-refractivity contribution in [2.75, 3.05) is 5.32 Å². The molecule has 0 radical (unpaired) electrons. The Morgan fingerprint density at radius 1 is 1.20 bits per heavy atom. The summed E-state index contributed by atoms with van der Waals surface area (Å²) in [7, 11) is 0. The van der Waals surface area contributed by atoms with Crippen LogP contribution in [0.3, 0.4) is 0 Å². The summed E-state index contributed by atoms with van der Waals surface area (Å²) in [4.78, 5) is 23.9. The van der Waals surface area contributed by atoms with Crippen molar-refractivity contribution in [3.8, 4) is 0 Å². The first-order valence-corrected chi connectivity index (χ1v) is 9.07. The summed E-state index contributed by atoms with van der Waals surface area (Å²) >= 11 is 3.44. The predicted molar refractivity (Wildman–Crippen MR) is 102 cm³/mol. The summed E-state index contributed by atoms with van der Waals surface area (Å²) in [5.41, 5.74) is 2.93. The van der Waals surface area contributed by atoms with Crippen LogP contribution in [0.15, 0.2) is 28.7 Å². The molecule has 0 fully saturated rings. The normalized spacial score (nSPS) is 12.1. The summed E-state index contributed by atoms with van der Waals surface area (Å²) in [5, 5.41) is 12.7. The molecule has 0 saturated heterocycles. The van der Waals surface area contributed by atoms with Crippen molar-refractivity contribution in [1.82, 2.24) is 15.5 Å². The number of anilines is 1. The first-order chi connectivity index (χ1) is 11.8. The van der Waals surface area contributed by atoms with Crippen LogP contribution in [0, 0.1) is 0 Å². The van der Waals surface area contributed by atoms with Gasteiger partial charge in [-0.2, -0.15) is 5.10 Å². The summed E-state index contributed by atoms with van der Waals surface area (Å²) < 4.78 is 0.699. The largest absolute Gasteiger partial charge is 0.344 e. The monoisotopic (exact) mass is 406 g/mol. The van der Waals surface area contributed by atoms with Crippen molar-refractivity contribution in [2.45, 2.75) is 46.1 Å². The quantitative estimate of drug-likeness (QED) is 0.673. The summed E-state index contributed by atoms with van der Waals surface area (Å²) in [6, 6.07) is 7.24. The number of benzene rings is 1. The number of hydrogen-bond acceptors (Lipinski definition) is 3. The van der Waals surface area contributed by atoms with Crippen LogP contribution in [-0.2, 0) is 4.79 Å². The van der Waals surface area contributed by atoms with Crippen LogP contribution in [0.25, 0.3) is 0 Å². The highest BCUT2D eigenvalue weighted by molar-refractivity contribution is 9.10. The molecule has 2 aromatic rings. The number of H-pyrrole nitrogens is 1. The van der Waals surface area contributed by atoms with E-state index >= 15 is 0 Å². The number of rotatable bonds is 6. The van der Waals surface area contributed by atoms with Crippen molar-refractivity contribution >= 4 is 33.4 Å². The van der Waals surface area contributed by atoms with E-state index in [0.29, 0.717) is 16.6 Å². The van der Waals surface area contributed by atoms with Crippen LogP contribution in [0.2, 0.25) is 0 Å². The van der Waals surface area contributed by atoms with E-state index < -0.39 is 0 Å². The minimum Gasteiger partial charge on any atom is -0.344 e. The summed E-state index contributed by atoms with van der Waals surface area (Å²) in [5.74, 6) is -0.0314. The van der Waals surface area contributed by atoms with Crippen LogP contribution in [0.5, 0.6) is 0 Å². The Morgan fingerprint density at radius 2 is 1.84 bits per heavy atom. The van der Waals surface area contributed by atoms with Gasteiger partial charge in [0.15, 0.2) is 5.69 Å². The van der Waals surface area contributed by atoms with E-state index in [4.69, 9.17) is 0 Å². The average molecular weight is 407 g/mol. The number of aromatic amines is 1. The minimum atomic E-state index is -0.245. The van der Waals surface area contributed by atoms with E-state index in [9.17, 15) is 9.59 Å². The third-order valence-electron chi connectivity index (χ3n) is 3.89. The van der Waals surface area contributed by atoms with Crippen molar-refractivity contribution < 1.29 is 9.59 Å². The first kappa shape index (κ1) is 19.2. The second-order valence-electron chi connectivity index (χ2n) is 6.17. The number of amides is 2. The number of carbonyl (C=O) groups excluding carboxylic acids is 2. The fourth-order valence-electron chi connectivity index (χ4n) is 2.33. The number of nitrogens with one attached hydrogen (secondary N) is 3. The number of nitrogens with zero attached hydrogens (tertiary/aromatic N) is 1. The first-order valence-electron chi connectivity index (χ1n) is 8.27. The van der Waals surface area contributed by atoms with Gasteiger partial charge >= 0.3 is 0 Å². The van der Waals surface area contributed by atoms with Gasteiger partial charge in [0.05, 0.1) is 16.2 Å². The van der Waals surface area contributed by atoms with Gasteiger partial charge in [-0.15, -0.1) is 0 Å². The topological polar surface area (TPSA) is 86.9 Å². The molecule has 1 unspecified atom stereocenters. The standard InChI is InChI=1S/C18H23BrN4O2/c1-5-14(24)21-13-8-6-12(7-9-13)11(4)20-18(25)17-15(19)16(10(2)3)22-23-17/h6-11H,5H2,1-4H3,(H,20,25)(H,21,24)(H,22,23). The molecule has 134 valence electrons. The fourth-order valence-corrected chi connectivity index (χ4v) is 3.14. The Balaban J connectivity index is 2.05. The van der Waals surface area contributed by atoms with E-state index in [0.717, 1.165) is 16.9 Å². The molecule has 6 nitrogen and oxygen atoms in total. The van der Waals surface area contributed by atoms with Gasteiger partial charge in [-0.1, -0.05) is 32.9 Å². The van der Waals surface area contributed by atoms with Crippen molar-refractivity contribution in [2.24, 2.45) is 0 Å². The molecule has 0 saturated carbocycles. The molecule has 0 spiro atoms. The van der Waals surface area contributed by atoms with Gasteiger partial charge in [0, 0.05) is 12.1 Å². The lowest BCUT2D eigenvalue weighted by molar-refractivity contribution is -0.115. The average Bonchev–Trinajstić information content (AvgIpc) is 2.97. The van der Waals surface area contributed by atoms with Gasteiger partial charge < -0.3 is 10.6 Å². The van der Waals surface area contributed by atoms with Gasteiger partial charge in [0.25, 0.3) is 5.91 Å². The van der Waals surface area contributed by atoms with E-state index in [1.54, 1.807) is 6.92 Å². The Bertz CT molecular complexity index is 753. The molecule has 0 bridgehead atoms. The molecule has 1 aromatic heterocycles. The molecule has 25 heavy (non-hydrogen) atoms. The van der Waals surface area contributed by atoms with E-state index in [1.807, 2.05) is 45.0 Å². The Labute approximate surface area is 155 Å². The molecule has 1 atom stereocenters. The molecular formula is C18H23BrN4O2. The van der Waals surface area contributed by atoms with Crippen LogP contribution < -0.4 is 10.6 Å². The smallest absolute Gasteiger partial charge is 0.273 e. The van der Waals surface area contributed by atoms with Crippen LogP contribution >= 0.6 is 15.9 Å². The second kappa shape index (κ2) is 8.29. The maximum absolute atomic E-state index is 12.5. The highest BCUT2D eigenvalue weighted by atomic mass is 79.9. The fraction of sp³-hybridized carbons (Fsp3) is 0.389. The van der Waals surface area contributed by atoms with Crippen molar-refractivity contribution in [1.29, 1.82) is 0 Å². The van der Waals surface area contributed by atoms with Gasteiger partial charge in [0.1, 0.15) is 0 Å². The van der Waals surface area contributed by atoms with Gasteiger partial charge in [-0.3, -0.25) is 14.7 Å². The summed E-state index contributed by atoms with van der Waals surface area (Å²) in [6.07, 6.45) is 0.436. The van der Waals surface area contributed by atoms with Crippen molar-refractivity contribution in [3.63, 3.8) is 0 Å². The lowest BCUT2D eigenvalue weighted by Gasteiger charge is -2.14. The van der Waals surface area contributed by atoms with Crippen LogP contribution in [0.4, 0.5) is 5.69 Å². The minimum absolute atomic E-state index is 0.0292. The maximum Gasteiger partial charge on any atom is 0.273 e. The van der Waals surface area contributed by atoms with E-state index in [1.165, 1.54) is 0 Å². The van der Waals surface area contributed by atoms with Crippen molar-refractivity contribution in [3.05, 3.63) is 45.7 Å². The lowest BCUT2D eigenvalue weighted by atomic mass is 10.1. The molecule has 0 aliphatic carbocycles. The number of hydrogen-bond donors (Lipinski definition) is 3. The third kappa shape index (κ3) is 4.69. The number of carbonyl (C=O) groups is 2. The van der Waals surface area contributed by atoms with Gasteiger partial charge in [-0.25, -0.2) is 0 Å². The Hall–Kier alpha value is -2.15. The molecule has 1 aromatic carbocycles. The molecular weight excluding hydrogens is 384 g/mol. The van der Waals surface area contributed by atoms with Gasteiger partial charge in [0.2, 0.25) is 5.91 Å². The van der Waals surface area contributed by atoms with E-state index in [-0.39, 0.29) is 23.8 Å². The summed E-state index contributed by atoms with van der Waals surface area (Å²) in [6.45, 7) is 7.77. The molecule has 0 aliphatic heterocycles. The molecule has 2 amide bonds. The predicted octanol–water partition coefficient (Wildman–Crippen LogP) is 4.14. The third-order valence-corrected chi connectivity index (χ3v) is 4.69. The highest BCUT2D eigenvalue weighted by Gasteiger charge is 2.20. The second-order valence-corrected chi connectivity index (χ2v) is 6.97. The number of aromatic nitrogens is 2. The maximum atomic E-state index is 12.5. The Morgan fingerprint density at radius 3 is 2.36 bits per heavy atom. The van der Waals surface area contributed by atoms with Crippen LogP contribution in [-0.4, -0.2) is 22.0 Å². The van der Waals surface area contributed by atoms with Crippen LogP contribution in [0.1, 0.15) is 67.8 Å². The zero-order chi connectivity index (χ0) is 18.6. The molecule has 1 heterocycles. The molecule has 2 rings (SSSR count). The zero-order valence-corrected chi connectivity index (χ0v) is 16.4. The molecule has 7 heteroatoms. The Kier molecular flexibility index (Phi) is 6.36. The molecule has 0 aliphatic rings. The van der Waals surface area contributed by atoms with E-state index in [2.05, 4.69) is 36.8 Å². The zero-order valence-electron chi connectivity index (χ0n) is 14.8. The lowest BCUT2D eigenvalue weighted by Crippen LogP contribution is -2.27. The SMILES string of the molecule is CCC(=O)Nc1ccc(C(C)NC(=O)c2n[nH]c(C(C)C)c2Br)cc1. The number of halogens is 1. The van der Waals surface area contributed by atoms with Gasteiger partial charge in [-0.05, 0) is 46.5 Å².